The van der Waals surface area contributed by atoms with E-state index in [0.717, 1.165) is 26.1 Å². The SMILES string of the molecule is CC1CC1C(=O)OCC1CN(Cc2ccccc2)CCO1. The molecular formula is C17H23NO3. The maximum Gasteiger partial charge on any atom is 0.309 e. The third kappa shape index (κ3) is 4.05. The molecule has 114 valence electrons. The molecule has 4 nitrogen and oxygen atoms in total. The maximum absolute atomic E-state index is 11.7. The Bertz CT molecular complexity index is 476. The summed E-state index contributed by atoms with van der Waals surface area (Å²) >= 11 is 0. The second-order valence-corrected chi connectivity index (χ2v) is 6.16. The van der Waals surface area contributed by atoms with Crippen LogP contribution in [0.15, 0.2) is 30.3 Å². The van der Waals surface area contributed by atoms with Crippen LogP contribution >= 0.6 is 0 Å². The Kier molecular flexibility index (Phi) is 4.56. The molecule has 1 aliphatic carbocycles. The van der Waals surface area contributed by atoms with Crippen molar-refractivity contribution in [3.63, 3.8) is 0 Å². The van der Waals surface area contributed by atoms with Crippen molar-refractivity contribution in [3.05, 3.63) is 35.9 Å². The average Bonchev–Trinajstić information content (AvgIpc) is 3.23. The largest absolute Gasteiger partial charge is 0.463 e. The minimum absolute atomic E-state index is 0.000434. The smallest absolute Gasteiger partial charge is 0.309 e. The van der Waals surface area contributed by atoms with E-state index in [2.05, 4.69) is 36.1 Å². The van der Waals surface area contributed by atoms with Gasteiger partial charge in [-0.25, -0.2) is 0 Å². The summed E-state index contributed by atoms with van der Waals surface area (Å²) in [6.45, 7) is 5.85. The highest BCUT2D eigenvalue weighted by molar-refractivity contribution is 5.75. The highest BCUT2D eigenvalue weighted by Crippen LogP contribution is 2.38. The van der Waals surface area contributed by atoms with Gasteiger partial charge >= 0.3 is 5.97 Å². The molecule has 1 heterocycles. The fourth-order valence-electron chi connectivity index (χ4n) is 2.80. The van der Waals surface area contributed by atoms with Crippen LogP contribution in [0.2, 0.25) is 0 Å². The van der Waals surface area contributed by atoms with Crippen LogP contribution < -0.4 is 0 Å². The first-order chi connectivity index (χ1) is 10.2. The lowest BCUT2D eigenvalue weighted by molar-refractivity contribution is -0.152. The summed E-state index contributed by atoms with van der Waals surface area (Å²) < 4.78 is 11.1. The predicted molar refractivity (Wildman–Crippen MR) is 79.7 cm³/mol. The summed E-state index contributed by atoms with van der Waals surface area (Å²) in [6, 6.07) is 10.4. The minimum Gasteiger partial charge on any atom is -0.463 e. The molecule has 21 heavy (non-hydrogen) atoms. The highest BCUT2D eigenvalue weighted by atomic mass is 16.6. The molecule has 0 aromatic heterocycles. The molecule has 1 aromatic rings. The summed E-state index contributed by atoms with van der Waals surface area (Å²) in [5.41, 5.74) is 1.31. The van der Waals surface area contributed by atoms with Crippen molar-refractivity contribution >= 4 is 5.97 Å². The van der Waals surface area contributed by atoms with E-state index in [1.807, 2.05) is 6.07 Å². The van der Waals surface area contributed by atoms with E-state index in [4.69, 9.17) is 9.47 Å². The Labute approximate surface area is 126 Å². The van der Waals surface area contributed by atoms with Gasteiger partial charge in [0.15, 0.2) is 0 Å². The first-order valence-corrected chi connectivity index (χ1v) is 7.77. The van der Waals surface area contributed by atoms with Crippen molar-refractivity contribution in [1.29, 1.82) is 0 Å². The average molecular weight is 289 g/mol. The summed E-state index contributed by atoms with van der Waals surface area (Å²) in [5.74, 6) is 0.583. The van der Waals surface area contributed by atoms with Crippen LogP contribution in [0, 0.1) is 11.8 Å². The Hall–Kier alpha value is -1.39. The van der Waals surface area contributed by atoms with E-state index in [1.165, 1.54) is 5.56 Å². The van der Waals surface area contributed by atoms with Gasteiger partial charge in [-0.05, 0) is 17.9 Å². The van der Waals surface area contributed by atoms with Crippen molar-refractivity contribution in [1.82, 2.24) is 4.90 Å². The van der Waals surface area contributed by atoms with E-state index in [1.54, 1.807) is 0 Å². The van der Waals surface area contributed by atoms with Gasteiger partial charge in [0.25, 0.3) is 0 Å². The molecule has 0 amide bonds. The van der Waals surface area contributed by atoms with Gasteiger partial charge in [-0.15, -0.1) is 0 Å². The fraction of sp³-hybridized carbons (Fsp3) is 0.588. The van der Waals surface area contributed by atoms with Gasteiger partial charge in [-0.2, -0.15) is 0 Å². The van der Waals surface area contributed by atoms with E-state index >= 15 is 0 Å². The fourth-order valence-corrected chi connectivity index (χ4v) is 2.80. The zero-order chi connectivity index (χ0) is 14.7. The van der Waals surface area contributed by atoms with Crippen LogP contribution in [-0.4, -0.2) is 43.3 Å². The van der Waals surface area contributed by atoms with E-state index in [0.29, 0.717) is 19.1 Å². The predicted octanol–water partition coefficient (Wildman–Crippen LogP) is 2.09. The van der Waals surface area contributed by atoms with E-state index in [-0.39, 0.29) is 18.0 Å². The van der Waals surface area contributed by atoms with Crippen LogP contribution in [0.5, 0.6) is 0 Å². The van der Waals surface area contributed by atoms with Gasteiger partial charge in [-0.3, -0.25) is 9.69 Å². The number of benzene rings is 1. The van der Waals surface area contributed by atoms with E-state index in [9.17, 15) is 4.79 Å². The number of rotatable bonds is 5. The zero-order valence-corrected chi connectivity index (χ0v) is 12.5. The summed E-state index contributed by atoms with van der Waals surface area (Å²) in [4.78, 5) is 14.1. The molecule has 0 spiro atoms. The van der Waals surface area contributed by atoms with Gasteiger partial charge in [0.05, 0.1) is 12.5 Å². The lowest BCUT2D eigenvalue weighted by Gasteiger charge is -2.32. The normalized spacial score (nSPS) is 29.1. The second kappa shape index (κ2) is 6.58. The van der Waals surface area contributed by atoms with Crippen molar-refractivity contribution in [2.75, 3.05) is 26.3 Å². The molecule has 1 saturated carbocycles. The van der Waals surface area contributed by atoms with Gasteiger partial charge in [-0.1, -0.05) is 37.3 Å². The topological polar surface area (TPSA) is 38.8 Å². The second-order valence-electron chi connectivity index (χ2n) is 6.16. The third-order valence-electron chi connectivity index (χ3n) is 4.30. The van der Waals surface area contributed by atoms with Crippen LogP contribution in [0.25, 0.3) is 0 Å². The van der Waals surface area contributed by atoms with Crippen molar-refractivity contribution in [2.45, 2.75) is 26.0 Å². The molecule has 3 atom stereocenters. The molecule has 0 N–H and O–H groups in total. The minimum atomic E-state index is -0.0497. The van der Waals surface area contributed by atoms with Crippen molar-refractivity contribution < 1.29 is 14.3 Å². The van der Waals surface area contributed by atoms with Gasteiger partial charge in [0, 0.05) is 19.6 Å². The number of hydrogen-bond acceptors (Lipinski definition) is 4. The lowest BCUT2D eigenvalue weighted by atomic mass is 10.2. The van der Waals surface area contributed by atoms with Crippen molar-refractivity contribution in [3.8, 4) is 0 Å². The Morgan fingerprint density at radius 2 is 2.14 bits per heavy atom. The zero-order valence-electron chi connectivity index (χ0n) is 12.5. The Morgan fingerprint density at radius 3 is 2.86 bits per heavy atom. The molecule has 2 fully saturated rings. The van der Waals surface area contributed by atoms with Crippen LogP contribution in [0.1, 0.15) is 18.9 Å². The van der Waals surface area contributed by atoms with Gasteiger partial charge in [0.1, 0.15) is 12.7 Å². The maximum atomic E-state index is 11.7. The molecule has 1 aliphatic heterocycles. The van der Waals surface area contributed by atoms with E-state index < -0.39 is 0 Å². The van der Waals surface area contributed by atoms with Crippen LogP contribution in [-0.2, 0) is 20.8 Å². The quantitative estimate of drug-likeness (QED) is 0.778. The number of nitrogens with zero attached hydrogens (tertiary/aromatic N) is 1. The summed E-state index contributed by atoms with van der Waals surface area (Å²) in [7, 11) is 0. The number of ether oxygens (including phenoxy) is 2. The van der Waals surface area contributed by atoms with Crippen molar-refractivity contribution in [2.24, 2.45) is 11.8 Å². The first-order valence-electron chi connectivity index (χ1n) is 7.77. The molecule has 0 radical (unpaired) electrons. The molecule has 0 bridgehead atoms. The number of esters is 1. The van der Waals surface area contributed by atoms with Gasteiger partial charge in [0.2, 0.25) is 0 Å². The highest BCUT2D eigenvalue weighted by Gasteiger charge is 2.40. The standard InChI is InChI=1S/C17H23NO3/c1-13-9-16(13)17(19)21-12-15-11-18(7-8-20-15)10-14-5-3-2-4-6-14/h2-6,13,15-16H,7-12H2,1H3. The number of carbonyl (C=O) groups is 1. The first kappa shape index (κ1) is 14.5. The number of hydrogen-bond donors (Lipinski definition) is 0. The van der Waals surface area contributed by atoms with Crippen LogP contribution in [0.4, 0.5) is 0 Å². The molecule has 1 saturated heterocycles. The molecule has 2 aliphatic rings. The van der Waals surface area contributed by atoms with Gasteiger partial charge < -0.3 is 9.47 Å². The molecule has 4 heteroatoms. The number of morpholine rings is 1. The summed E-state index contributed by atoms with van der Waals surface area (Å²) in [5, 5.41) is 0. The molecular weight excluding hydrogens is 266 g/mol. The lowest BCUT2D eigenvalue weighted by Crippen LogP contribution is -2.44. The van der Waals surface area contributed by atoms with Crippen LogP contribution in [0.3, 0.4) is 0 Å². The molecule has 1 aromatic carbocycles. The number of carbonyl (C=O) groups excluding carboxylic acids is 1. The molecule has 3 rings (SSSR count). The Morgan fingerprint density at radius 1 is 1.38 bits per heavy atom. The molecule has 3 unspecified atom stereocenters. The summed E-state index contributed by atoms with van der Waals surface area (Å²) in [6.07, 6.45) is 0.977. The Balaban J connectivity index is 1.43. The monoisotopic (exact) mass is 289 g/mol. The third-order valence-corrected chi connectivity index (χ3v) is 4.30.